The third kappa shape index (κ3) is 1.58. The number of carbonyl (C=O) groups is 2. The van der Waals surface area contributed by atoms with E-state index >= 15 is 0 Å². The van der Waals surface area contributed by atoms with Crippen LogP contribution in [0.1, 0.15) is 32.8 Å². The molecule has 1 amide bonds. The molecule has 0 N–H and O–H groups in total. The number of nitrogens with zero attached hydrogens (tertiary/aromatic N) is 2. The molecule has 1 unspecified atom stereocenters. The quantitative estimate of drug-likeness (QED) is 0.638. The molecular formula is C20H16N2O2. The molecule has 0 fully saturated rings. The fraction of sp³-hybridized carbons (Fsp3) is 0.200. The van der Waals surface area contributed by atoms with Gasteiger partial charge in [-0.25, -0.2) is 0 Å². The molecule has 24 heavy (non-hydrogen) atoms. The second kappa shape index (κ2) is 4.57. The number of aromatic nitrogens is 1. The molecule has 3 aromatic rings. The van der Waals surface area contributed by atoms with Crippen molar-refractivity contribution in [3.8, 4) is 0 Å². The highest BCUT2D eigenvalue weighted by Crippen LogP contribution is 2.39. The molecule has 3 heterocycles. The Morgan fingerprint density at radius 2 is 1.71 bits per heavy atom. The van der Waals surface area contributed by atoms with Gasteiger partial charge in [0, 0.05) is 36.1 Å². The number of Topliss-reactive ketones (excluding diaryl/α,β-unsaturated/α-hetero) is 1. The van der Waals surface area contributed by atoms with Crippen LogP contribution in [0.5, 0.6) is 0 Å². The summed E-state index contributed by atoms with van der Waals surface area (Å²) in [6, 6.07) is 15.6. The molecule has 118 valence electrons. The number of rotatable bonds is 0. The molecular weight excluding hydrogens is 300 g/mol. The number of benzene rings is 2. The summed E-state index contributed by atoms with van der Waals surface area (Å²) >= 11 is 0. The van der Waals surface area contributed by atoms with Crippen molar-refractivity contribution in [2.75, 3.05) is 4.90 Å². The van der Waals surface area contributed by atoms with Crippen molar-refractivity contribution in [1.82, 2.24) is 4.57 Å². The summed E-state index contributed by atoms with van der Waals surface area (Å²) in [5, 5.41) is 0.878. The number of hydrogen-bond donors (Lipinski definition) is 0. The van der Waals surface area contributed by atoms with Crippen molar-refractivity contribution in [3.05, 3.63) is 65.4 Å². The molecule has 2 aliphatic rings. The van der Waals surface area contributed by atoms with Crippen LogP contribution in [0, 0.1) is 0 Å². The van der Waals surface area contributed by atoms with Crippen LogP contribution < -0.4 is 4.90 Å². The van der Waals surface area contributed by atoms with E-state index < -0.39 is 0 Å². The van der Waals surface area contributed by atoms with E-state index in [4.69, 9.17) is 0 Å². The predicted molar refractivity (Wildman–Crippen MR) is 92.6 cm³/mol. The van der Waals surface area contributed by atoms with E-state index in [2.05, 4.69) is 0 Å². The molecule has 1 aromatic heterocycles. The minimum Gasteiger partial charge on any atom is -0.339 e. The standard InChI is InChI=1S/C20H16N2O2/c1-21-16-9-5-3-7-14(16)18-17(23)11-13-10-12-6-2-4-8-15(12)22(13)20(24)19(18)21/h2-9,13H,10-11H2,1H3. The smallest absolute Gasteiger partial charge is 0.275 e. The average molecular weight is 316 g/mol. The molecule has 1 atom stereocenters. The number of para-hydroxylation sites is 2. The van der Waals surface area contributed by atoms with E-state index in [0.29, 0.717) is 17.7 Å². The molecule has 2 aliphatic heterocycles. The maximum Gasteiger partial charge on any atom is 0.275 e. The van der Waals surface area contributed by atoms with Crippen molar-refractivity contribution in [2.45, 2.75) is 18.9 Å². The van der Waals surface area contributed by atoms with Crippen molar-refractivity contribution >= 4 is 28.3 Å². The molecule has 0 bridgehead atoms. The van der Waals surface area contributed by atoms with E-state index in [9.17, 15) is 9.59 Å². The van der Waals surface area contributed by atoms with Crippen LogP contribution in [0.25, 0.3) is 10.9 Å². The maximum absolute atomic E-state index is 13.4. The summed E-state index contributed by atoms with van der Waals surface area (Å²) in [4.78, 5) is 28.2. The first-order chi connectivity index (χ1) is 11.7. The summed E-state index contributed by atoms with van der Waals surface area (Å²) in [6.45, 7) is 0. The summed E-state index contributed by atoms with van der Waals surface area (Å²) < 4.78 is 1.87. The zero-order chi connectivity index (χ0) is 16.4. The Hall–Kier alpha value is -2.88. The lowest BCUT2D eigenvalue weighted by Gasteiger charge is -2.23. The number of amides is 1. The molecule has 0 saturated heterocycles. The Labute approximate surface area is 139 Å². The molecule has 0 spiro atoms. The topological polar surface area (TPSA) is 42.3 Å². The van der Waals surface area contributed by atoms with E-state index in [-0.39, 0.29) is 17.7 Å². The lowest BCUT2D eigenvalue weighted by molar-refractivity contribution is 0.0974. The second-order valence-electron chi connectivity index (χ2n) is 6.59. The molecule has 4 heteroatoms. The third-order valence-corrected chi connectivity index (χ3v) is 5.30. The van der Waals surface area contributed by atoms with Crippen LogP contribution in [-0.4, -0.2) is 22.3 Å². The first kappa shape index (κ1) is 13.5. The summed E-state index contributed by atoms with van der Waals surface area (Å²) in [6.07, 6.45) is 1.13. The highest BCUT2D eigenvalue weighted by molar-refractivity contribution is 6.22. The number of aryl methyl sites for hydroxylation is 1. The van der Waals surface area contributed by atoms with Gasteiger partial charge >= 0.3 is 0 Å². The van der Waals surface area contributed by atoms with Gasteiger partial charge in [0.1, 0.15) is 5.69 Å². The van der Waals surface area contributed by atoms with Gasteiger partial charge in [-0.2, -0.15) is 0 Å². The normalized spacial score (nSPS) is 19.2. The van der Waals surface area contributed by atoms with Crippen molar-refractivity contribution in [2.24, 2.45) is 7.05 Å². The van der Waals surface area contributed by atoms with Crippen LogP contribution in [0.4, 0.5) is 5.69 Å². The minimum absolute atomic E-state index is 0.0652. The monoisotopic (exact) mass is 316 g/mol. The largest absolute Gasteiger partial charge is 0.339 e. The van der Waals surface area contributed by atoms with Gasteiger partial charge in [-0.3, -0.25) is 9.59 Å². The van der Waals surface area contributed by atoms with Gasteiger partial charge in [0.05, 0.1) is 5.56 Å². The van der Waals surface area contributed by atoms with Gasteiger partial charge in [-0.15, -0.1) is 0 Å². The zero-order valence-corrected chi connectivity index (χ0v) is 13.3. The highest BCUT2D eigenvalue weighted by atomic mass is 16.2. The summed E-state index contributed by atoms with van der Waals surface area (Å²) in [5.74, 6) is -0.0000406. The lowest BCUT2D eigenvalue weighted by atomic mass is 10.00. The number of fused-ring (bicyclic) bond motifs is 6. The van der Waals surface area contributed by atoms with Crippen molar-refractivity contribution < 1.29 is 9.59 Å². The number of hydrogen-bond acceptors (Lipinski definition) is 2. The number of anilines is 1. The average Bonchev–Trinajstić information content (AvgIpc) is 3.06. The van der Waals surface area contributed by atoms with Gasteiger partial charge in [-0.1, -0.05) is 36.4 Å². The third-order valence-electron chi connectivity index (χ3n) is 5.30. The molecule has 2 aromatic carbocycles. The Kier molecular flexibility index (Phi) is 2.58. The lowest BCUT2D eigenvalue weighted by Crippen LogP contribution is -2.37. The van der Waals surface area contributed by atoms with Crippen LogP contribution >= 0.6 is 0 Å². The van der Waals surface area contributed by atoms with E-state index in [1.807, 2.05) is 65.0 Å². The van der Waals surface area contributed by atoms with E-state index in [1.54, 1.807) is 0 Å². The van der Waals surface area contributed by atoms with Gasteiger partial charge < -0.3 is 9.47 Å². The Bertz CT molecular complexity index is 1030. The van der Waals surface area contributed by atoms with Crippen LogP contribution in [0.3, 0.4) is 0 Å². The molecule has 5 rings (SSSR count). The second-order valence-corrected chi connectivity index (χ2v) is 6.59. The molecule has 0 saturated carbocycles. The van der Waals surface area contributed by atoms with Gasteiger partial charge in [0.2, 0.25) is 0 Å². The van der Waals surface area contributed by atoms with Crippen LogP contribution in [0.15, 0.2) is 48.5 Å². The maximum atomic E-state index is 13.4. The minimum atomic E-state index is -0.0754. The predicted octanol–water partition coefficient (Wildman–Crippen LogP) is 3.34. The Morgan fingerprint density at radius 3 is 2.58 bits per heavy atom. The van der Waals surface area contributed by atoms with Crippen LogP contribution in [-0.2, 0) is 13.5 Å². The number of ketones is 1. The van der Waals surface area contributed by atoms with E-state index in [0.717, 1.165) is 28.6 Å². The zero-order valence-electron chi connectivity index (χ0n) is 13.3. The first-order valence-electron chi connectivity index (χ1n) is 8.19. The molecule has 0 radical (unpaired) electrons. The fourth-order valence-corrected chi connectivity index (χ4v) is 4.26. The highest BCUT2D eigenvalue weighted by Gasteiger charge is 2.42. The van der Waals surface area contributed by atoms with E-state index in [1.165, 1.54) is 0 Å². The van der Waals surface area contributed by atoms with Gasteiger partial charge in [-0.05, 0) is 24.1 Å². The summed E-state index contributed by atoms with van der Waals surface area (Å²) in [5.41, 5.74) is 4.12. The van der Waals surface area contributed by atoms with Crippen molar-refractivity contribution in [1.29, 1.82) is 0 Å². The first-order valence-corrected chi connectivity index (χ1v) is 8.19. The summed E-state index contributed by atoms with van der Waals surface area (Å²) in [7, 11) is 1.87. The molecule has 0 aliphatic carbocycles. The number of carbonyl (C=O) groups excluding carboxylic acids is 2. The molecule has 4 nitrogen and oxygen atoms in total. The Balaban J connectivity index is 1.80. The van der Waals surface area contributed by atoms with Crippen molar-refractivity contribution in [3.63, 3.8) is 0 Å². The SMILES string of the molecule is Cn1c2c(c3ccccc31)C(=O)CC1Cc3ccccc3N1C2=O. The van der Waals surface area contributed by atoms with Crippen LogP contribution in [0.2, 0.25) is 0 Å². The Morgan fingerprint density at radius 1 is 0.958 bits per heavy atom. The van der Waals surface area contributed by atoms with Gasteiger partial charge in [0.25, 0.3) is 5.91 Å². The van der Waals surface area contributed by atoms with Gasteiger partial charge in [0.15, 0.2) is 5.78 Å². The fourth-order valence-electron chi connectivity index (χ4n) is 4.26.